The Morgan fingerprint density at radius 3 is 2.33 bits per heavy atom. The molecule has 0 saturated carbocycles. The molecule has 1 aromatic carbocycles. The average molecular weight is 200 g/mol. The lowest BCUT2D eigenvalue weighted by Gasteiger charge is -2.20. The zero-order valence-electron chi connectivity index (χ0n) is 8.50. The third-order valence-corrected chi connectivity index (χ3v) is 2.03. The molecule has 15 heavy (non-hydrogen) atoms. The summed E-state index contributed by atoms with van der Waals surface area (Å²) in [7, 11) is 1.63. The first-order valence-electron chi connectivity index (χ1n) is 4.72. The Kier molecular flexibility index (Phi) is 2.95. The third-order valence-electron chi connectivity index (χ3n) is 2.03. The molecular weight excluding hydrogens is 188 g/mol. The standard InChI is InChI=1S/C12H12N2O/c1-15-14(11-7-3-2-4-8-11)12-9-5-6-10-13-12/h2-10H,1H3. The normalized spacial score (nSPS) is 9.93. The summed E-state index contributed by atoms with van der Waals surface area (Å²) in [6, 6.07) is 15.5. The van der Waals surface area contributed by atoms with Crippen molar-refractivity contribution in [2.45, 2.75) is 0 Å². The summed E-state index contributed by atoms with van der Waals surface area (Å²) < 4.78 is 0. The van der Waals surface area contributed by atoms with Gasteiger partial charge in [-0.25, -0.2) is 10.0 Å². The largest absolute Gasteiger partial charge is 0.270 e. The molecule has 76 valence electrons. The summed E-state index contributed by atoms with van der Waals surface area (Å²) in [4.78, 5) is 9.52. The van der Waals surface area contributed by atoms with Crippen molar-refractivity contribution in [3.05, 3.63) is 54.7 Å². The Morgan fingerprint density at radius 2 is 1.73 bits per heavy atom. The predicted molar refractivity (Wildman–Crippen MR) is 59.8 cm³/mol. The first-order valence-corrected chi connectivity index (χ1v) is 4.72. The number of para-hydroxylation sites is 1. The summed E-state index contributed by atoms with van der Waals surface area (Å²) in [6.45, 7) is 0. The molecule has 0 radical (unpaired) electrons. The topological polar surface area (TPSA) is 25.4 Å². The second-order valence-electron chi connectivity index (χ2n) is 3.00. The van der Waals surface area contributed by atoms with E-state index in [1.807, 2.05) is 48.5 Å². The predicted octanol–water partition coefficient (Wildman–Crippen LogP) is 2.78. The van der Waals surface area contributed by atoms with E-state index in [-0.39, 0.29) is 0 Å². The summed E-state index contributed by atoms with van der Waals surface area (Å²) in [5, 5.41) is 1.68. The van der Waals surface area contributed by atoms with Crippen LogP contribution in [0.2, 0.25) is 0 Å². The summed E-state index contributed by atoms with van der Waals surface area (Å²) in [6.07, 6.45) is 1.74. The van der Waals surface area contributed by atoms with Crippen LogP contribution in [0, 0.1) is 0 Å². The van der Waals surface area contributed by atoms with Gasteiger partial charge in [0.1, 0.15) is 0 Å². The van der Waals surface area contributed by atoms with Crippen molar-refractivity contribution >= 4 is 11.5 Å². The lowest BCUT2D eigenvalue weighted by molar-refractivity contribution is 0.199. The molecule has 0 bridgehead atoms. The van der Waals surface area contributed by atoms with Crippen LogP contribution in [0.3, 0.4) is 0 Å². The molecule has 2 aromatic rings. The molecule has 2 rings (SSSR count). The van der Waals surface area contributed by atoms with Crippen molar-refractivity contribution in [3.8, 4) is 0 Å². The van der Waals surface area contributed by atoms with Crippen LogP contribution >= 0.6 is 0 Å². The zero-order chi connectivity index (χ0) is 10.5. The van der Waals surface area contributed by atoms with Crippen molar-refractivity contribution in [3.63, 3.8) is 0 Å². The number of pyridine rings is 1. The fourth-order valence-electron chi connectivity index (χ4n) is 1.37. The van der Waals surface area contributed by atoms with Crippen LogP contribution in [0.25, 0.3) is 0 Å². The average Bonchev–Trinajstić information content (AvgIpc) is 2.33. The van der Waals surface area contributed by atoms with E-state index < -0.39 is 0 Å². The number of benzene rings is 1. The van der Waals surface area contributed by atoms with Gasteiger partial charge in [0.25, 0.3) is 0 Å². The molecule has 0 aliphatic heterocycles. The molecule has 0 spiro atoms. The number of nitrogens with zero attached hydrogens (tertiary/aromatic N) is 2. The van der Waals surface area contributed by atoms with E-state index in [1.54, 1.807) is 18.4 Å². The van der Waals surface area contributed by atoms with Crippen LogP contribution in [-0.2, 0) is 4.84 Å². The minimum absolute atomic E-state index is 0.770. The Bertz CT molecular complexity index is 363. The van der Waals surface area contributed by atoms with Gasteiger partial charge < -0.3 is 0 Å². The van der Waals surface area contributed by atoms with E-state index in [4.69, 9.17) is 4.84 Å². The van der Waals surface area contributed by atoms with Gasteiger partial charge in [-0.05, 0) is 24.3 Å². The fraction of sp³-hybridized carbons (Fsp3) is 0.0833. The minimum atomic E-state index is 0.770. The SMILES string of the molecule is CON(c1ccccc1)c1ccccn1. The van der Waals surface area contributed by atoms with Crippen molar-refractivity contribution < 1.29 is 4.84 Å². The first-order chi connectivity index (χ1) is 7.42. The molecule has 0 saturated heterocycles. The van der Waals surface area contributed by atoms with Crippen molar-refractivity contribution in [1.29, 1.82) is 0 Å². The van der Waals surface area contributed by atoms with Crippen molar-refractivity contribution in [2.24, 2.45) is 0 Å². The highest BCUT2D eigenvalue weighted by Gasteiger charge is 2.07. The molecule has 0 atom stereocenters. The highest BCUT2D eigenvalue weighted by atomic mass is 16.7. The van der Waals surface area contributed by atoms with Crippen LogP contribution in [0.4, 0.5) is 11.5 Å². The van der Waals surface area contributed by atoms with Gasteiger partial charge in [-0.3, -0.25) is 4.84 Å². The van der Waals surface area contributed by atoms with Crippen LogP contribution in [0.1, 0.15) is 0 Å². The number of anilines is 2. The molecule has 0 N–H and O–H groups in total. The maximum atomic E-state index is 5.29. The Labute approximate surface area is 88.9 Å². The van der Waals surface area contributed by atoms with E-state index in [9.17, 15) is 0 Å². The summed E-state index contributed by atoms with van der Waals surface area (Å²) in [5.74, 6) is 0.770. The molecule has 0 aliphatic rings. The van der Waals surface area contributed by atoms with E-state index in [2.05, 4.69) is 4.98 Å². The van der Waals surface area contributed by atoms with Crippen LogP contribution < -0.4 is 5.06 Å². The molecule has 0 aliphatic carbocycles. The van der Waals surface area contributed by atoms with Crippen molar-refractivity contribution in [2.75, 3.05) is 12.2 Å². The Morgan fingerprint density at radius 1 is 1.00 bits per heavy atom. The molecule has 0 amide bonds. The Balaban J connectivity index is 2.34. The second-order valence-corrected chi connectivity index (χ2v) is 3.00. The fourth-order valence-corrected chi connectivity index (χ4v) is 1.37. The molecule has 3 heteroatoms. The highest BCUT2D eigenvalue weighted by molar-refractivity contribution is 5.56. The Hall–Kier alpha value is -1.87. The third kappa shape index (κ3) is 2.14. The minimum Gasteiger partial charge on any atom is -0.270 e. The summed E-state index contributed by atoms with van der Waals surface area (Å²) in [5.41, 5.74) is 0.957. The maximum Gasteiger partial charge on any atom is 0.157 e. The van der Waals surface area contributed by atoms with Crippen LogP contribution in [0.5, 0.6) is 0 Å². The molecule has 1 aromatic heterocycles. The number of hydrogen-bond acceptors (Lipinski definition) is 3. The number of aromatic nitrogens is 1. The monoisotopic (exact) mass is 200 g/mol. The summed E-state index contributed by atoms with van der Waals surface area (Å²) >= 11 is 0. The van der Waals surface area contributed by atoms with E-state index in [0.717, 1.165) is 11.5 Å². The highest BCUT2D eigenvalue weighted by Crippen LogP contribution is 2.22. The van der Waals surface area contributed by atoms with Gasteiger partial charge in [0.15, 0.2) is 5.82 Å². The van der Waals surface area contributed by atoms with Gasteiger partial charge in [0.05, 0.1) is 12.8 Å². The molecule has 3 nitrogen and oxygen atoms in total. The van der Waals surface area contributed by atoms with Gasteiger partial charge in [0.2, 0.25) is 0 Å². The lowest BCUT2D eigenvalue weighted by Crippen LogP contribution is -2.15. The van der Waals surface area contributed by atoms with Gasteiger partial charge in [-0.2, -0.15) is 0 Å². The quantitative estimate of drug-likeness (QED) is 0.712. The van der Waals surface area contributed by atoms with Gasteiger partial charge in [0, 0.05) is 6.20 Å². The van der Waals surface area contributed by atoms with Crippen LogP contribution in [0.15, 0.2) is 54.7 Å². The number of hydrogen-bond donors (Lipinski definition) is 0. The lowest BCUT2D eigenvalue weighted by atomic mass is 10.3. The van der Waals surface area contributed by atoms with Gasteiger partial charge >= 0.3 is 0 Å². The molecule has 1 heterocycles. The van der Waals surface area contributed by atoms with Crippen molar-refractivity contribution in [1.82, 2.24) is 4.98 Å². The van der Waals surface area contributed by atoms with E-state index >= 15 is 0 Å². The maximum absolute atomic E-state index is 5.29. The van der Waals surface area contributed by atoms with Crippen LogP contribution in [-0.4, -0.2) is 12.1 Å². The van der Waals surface area contributed by atoms with Gasteiger partial charge in [-0.15, -0.1) is 0 Å². The second kappa shape index (κ2) is 4.57. The van der Waals surface area contributed by atoms with E-state index in [0.29, 0.717) is 0 Å². The zero-order valence-corrected chi connectivity index (χ0v) is 8.50. The van der Waals surface area contributed by atoms with Gasteiger partial charge in [-0.1, -0.05) is 24.3 Å². The molecular formula is C12H12N2O. The first kappa shape index (κ1) is 9.68. The smallest absolute Gasteiger partial charge is 0.157 e. The molecule has 0 unspecified atom stereocenters. The number of rotatable bonds is 3. The molecule has 0 fully saturated rings. The van der Waals surface area contributed by atoms with E-state index in [1.165, 1.54) is 0 Å².